The quantitative estimate of drug-likeness (QED) is 0.382. The van der Waals surface area contributed by atoms with Gasteiger partial charge < -0.3 is 4.90 Å². The SMILES string of the molecule is C[C@@H](C1CCCCC1)N(C)C(=O)c1ccccc1Cn1cc(-c2ccc3cnccc3c2)nn1. The van der Waals surface area contributed by atoms with E-state index in [2.05, 4.69) is 28.3 Å². The molecule has 1 amide bonds. The van der Waals surface area contributed by atoms with E-state index in [-0.39, 0.29) is 11.9 Å². The van der Waals surface area contributed by atoms with Gasteiger partial charge in [-0.15, -0.1) is 5.10 Å². The van der Waals surface area contributed by atoms with E-state index in [1.807, 2.05) is 71.5 Å². The van der Waals surface area contributed by atoms with Crippen LogP contribution in [0.15, 0.2) is 67.1 Å². The molecule has 2 aromatic heterocycles. The molecule has 2 heterocycles. The smallest absolute Gasteiger partial charge is 0.254 e. The number of carbonyl (C=O) groups excluding carboxylic acids is 1. The predicted molar refractivity (Wildman–Crippen MR) is 134 cm³/mol. The van der Waals surface area contributed by atoms with Crippen molar-refractivity contribution in [3.8, 4) is 11.3 Å². The minimum Gasteiger partial charge on any atom is -0.339 e. The third-order valence-corrected chi connectivity index (χ3v) is 7.32. The predicted octanol–water partition coefficient (Wildman–Crippen LogP) is 5.58. The van der Waals surface area contributed by atoms with Crippen LogP contribution in [-0.2, 0) is 6.54 Å². The molecule has 0 saturated heterocycles. The first-order chi connectivity index (χ1) is 16.6. The summed E-state index contributed by atoms with van der Waals surface area (Å²) < 4.78 is 1.81. The van der Waals surface area contributed by atoms with Crippen molar-refractivity contribution < 1.29 is 4.79 Å². The molecule has 5 rings (SSSR count). The molecule has 6 nitrogen and oxygen atoms in total. The van der Waals surface area contributed by atoms with Gasteiger partial charge in [0.25, 0.3) is 5.91 Å². The molecule has 1 aliphatic carbocycles. The molecule has 174 valence electrons. The molecule has 0 N–H and O–H groups in total. The Labute approximate surface area is 200 Å². The molecule has 1 atom stereocenters. The van der Waals surface area contributed by atoms with E-state index >= 15 is 0 Å². The molecular formula is C28H31N5O. The lowest BCUT2D eigenvalue weighted by molar-refractivity contribution is 0.0664. The lowest BCUT2D eigenvalue weighted by atomic mass is 9.84. The lowest BCUT2D eigenvalue weighted by Crippen LogP contribution is -2.41. The zero-order valence-electron chi connectivity index (χ0n) is 19.9. The Kier molecular flexibility index (Phi) is 6.39. The van der Waals surface area contributed by atoms with Crippen LogP contribution >= 0.6 is 0 Å². The van der Waals surface area contributed by atoms with E-state index in [0.29, 0.717) is 12.5 Å². The van der Waals surface area contributed by atoms with Crippen LogP contribution in [0.3, 0.4) is 0 Å². The maximum absolute atomic E-state index is 13.5. The first-order valence-corrected chi connectivity index (χ1v) is 12.2. The van der Waals surface area contributed by atoms with Crippen molar-refractivity contribution in [1.29, 1.82) is 0 Å². The van der Waals surface area contributed by atoms with Crippen molar-refractivity contribution in [3.05, 3.63) is 78.2 Å². The summed E-state index contributed by atoms with van der Waals surface area (Å²) in [5.41, 5.74) is 3.51. The maximum atomic E-state index is 13.5. The van der Waals surface area contributed by atoms with Gasteiger partial charge in [0.2, 0.25) is 0 Å². The van der Waals surface area contributed by atoms with Gasteiger partial charge in [-0.25, -0.2) is 4.68 Å². The van der Waals surface area contributed by atoms with Crippen LogP contribution in [0.1, 0.15) is 54.9 Å². The number of nitrogens with zero attached hydrogens (tertiary/aromatic N) is 5. The van der Waals surface area contributed by atoms with Gasteiger partial charge in [0.15, 0.2) is 0 Å². The van der Waals surface area contributed by atoms with Crippen LogP contribution in [0, 0.1) is 5.92 Å². The number of carbonyl (C=O) groups is 1. The van der Waals surface area contributed by atoms with Gasteiger partial charge in [-0.05, 0) is 54.8 Å². The summed E-state index contributed by atoms with van der Waals surface area (Å²) in [6, 6.07) is 16.3. The van der Waals surface area contributed by atoms with Crippen molar-refractivity contribution in [2.45, 2.75) is 51.6 Å². The van der Waals surface area contributed by atoms with Gasteiger partial charge in [-0.3, -0.25) is 9.78 Å². The average molecular weight is 454 g/mol. The summed E-state index contributed by atoms with van der Waals surface area (Å²) in [6.07, 6.45) is 11.9. The van der Waals surface area contributed by atoms with Crippen LogP contribution in [0.25, 0.3) is 22.0 Å². The number of pyridine rings is 1. The highest BCUT2D eigenvalue weighted by Gasteiger charge is 2.27. The number of fused-ring (bicyclic) bond motifs is 1. The Morgan fingerprint density at radius 2 is 1.91 bits per heavy atom. The second-order valence-electron chi connectivity index (χ2n) is 9.45. The van der Waals surface area contributed by atoms with E-state index in [4.69, 9.17) is 0 Å². The first-order valence-electron chi connectivity index (χ1n) is 12.2. The second-order valence-corrected chi connectivity index (χ2v) is 9.45. The molecule has 34 heavy (non-hydrogen) atoms. The van der Waals surface area contributed by atoms with Crippen molar-refractivity contribution in [3.63, 3.8) is 0 Å². The number of rotatable bonds is 6. The number of hydrogen-bond acceptors (Lipinski definition) is 4. The molecule has 0 unspecified atom stereocenters. The van der Waals surface area contributed by atoms with Crippen LogP contribution in [0.5, 0.6) is 0 Å². The van der Waals surface area contributed by atoms with Crippen LogP contribution in [-0.4, -0.2) is 43.9 Å². The monoisotopic (exact) mass is 453 g/mol. The van der Waals surface area contributed by atoms with Gasteiger partial charge in [0, 0.05) is 42.0 Å². The molecule has 4 aromatic rings. The topological polar surface area (TPSA) is 63.9 Å². The highest BCUT2D eigenvalue weighted by molar-refractivity contribution is 5.95. The van der Waals surface area contributed by atoms with Gasteiger partial charge in [-0.1, -0.05) is 54.8 Å². The van der Waals surface area contributed by atoms with Gasteiger partial charge in [0.1, 0.15) is 5.69 Å². The minimum absolute atomic E-state index is 0.0807. The molecule has 0 bridgehead atoms. The molecule has 1 saturated carbocycles. The summed E-state index contributed by atoms with van der Waals surface area (Å²) in [7, 11) is 1.95. The van der Waals surface area contributed by atoms with Crippen molar-refractivity contribution >= 4 is 16.7 Å². The van der Waals surface area contributed by atoms with Crippen LogP contribution in [0.4, 0.5) is 0 Å². The number of benzene rings is 2. The van der Waals surface area contributed by atoms with Crippen molar-refractivity contribution in [2.24, 2.45) is 5.92 Å². The molecule has 1 fully saturated rings. The summed E-state index contributed by atoms with van der Waals surface area (Å²) in [6.45, 7) is 2.69. The standard InChI is InChI=1S/C28H31N5O/c1-20(21-8-4-3-5-9-21)32(2)28(34)26-11-7-6-10-25(26)18-33-19-27(30-31-33)23-12-13-24-17-29-15-14-22(24)16-23/h6-7,10-17,19-21H,3-5,8-9,18H2,1-2H3/t20-/m0/s1. The largest absolute Gasteiger partial charge is 0.339 e. The van der Waals surface area contributed by atoms with Gasteiger partial charge in [0.05, 0.1) is 12.7 Å². The molecule has 0 spiro atoms. The average Bonchev–Trinajstić information content (AvgIpc) is 3.36. The Hall–Kier alpha value is -3.54. The summed E-state index contributed by atoms with van der Waals surface area (Å²) in [5.74, 6) is 0.669. The van der Waals surface area contributed by atoms with Crippen molar-refractivity contribution in [1.82, 2.24) is 24.9 Å². The molecule has 0 radical (unpaired) electrons. The summed E-state index contributed by atoms with van der Waals surface area (Å²) in [4.78, 5) is 19.6. The van der Waals surface area contributed by atoms with E-state index < -0.39 is 0 Å². The highest BCUT2D eigenvalue weighted by atomic mass is 16.2. The summed E-state index contributed by atoms with van der Waals surface area (Å²) >= 11 is 0. The first kappa shape index (κ1) is 22.3. The maximum Gasteiger partial charge on any atom is 0.254 e. The minimum atomic E-state index is 0.0807. The fraction of sp³-hybridized carbons (Fsp3) is 0.357. The fourth-order valence-electron chi connectivity index (χ4n) is 5.10. The molecule has 6 heteroatoms. The van der Waals surface area contributed by atoms with Crippen LogP contribution in [0.2, 0.25) is 0 Å². The van der Waals surface area contributed by atoms with Crippen LogP contribution < -0.4 is 0 Å². The lowest BCUT2D eigenvalue weighted by Gasteiger charge is -2.34. The van der Waals surface area contributed by atoms with E-state index in [1.165, 1.54) is 32.1 Å². The van der Waals surface area contributed by atoms with Gasteiger partial charge in [-0.2, -0.15) is 0 Å². The zero-order chi connectivity index (χ0) is 23.5. The normalized spacial score (nSPS) is 15.4. The highest BCUT2D eigenvalue weighted by Crippen LogP contribution is 2.29. The van der Waals surface area contributed by atoms with Crippen molar-refractivity contribution in [2.75, 3.05) is 7.05 Å². The fourth-order valence-corrected chi connectivity index (χ4v) is 5.10. The number of amides is 1. The third kappa shape index (κ3) is 4.58. The third-order valence-electron chi connectivity index (χ3n) is 7.32. The van der Waals surface area contributed by atoms with E-state index in [0.717, 1.165) is 33.2 Å². The molecular weight excluding hydrogens is 422 g/mol. The Morgan fingerprint density at radius 1 is 1.09 bits per heavy atom. The molecule has 2 aromatic carbocycles. The number of aromatic nitrogens is 4. The van der Waals surface area contributed by atoms with Gasteiger partial charge >= 0.3 is 0 Å². The Bertz CT molecular complexity index is 1290. The number of hydrogen-bond donors (Lipinski definition) is 0. The van der Waals surface area contributed by atoms with E-state index in [1.54, 1.807) is 6.20 Å². The van der Waals surface area contributed by atoms with E-state index in [9.17, 15) is 4.79 Å². The zero-order valence-corrected chi connectivity index (χ0v) is 19.9. The summed E-state index contributed by atoms with van der Waals surface area (Å²) in [5, 5.41) is 11.0. The Morgan fingerprint density at radius 3 is 2.76 bits per heavy atom. The Balaban J connectivity index is 1.34. The molecule has 1 aliphatic rings. The second kappa shape index (κ2) is 9.75. The molecule has 0 aliphatic heterocycles.